The minimum absolute atomic E-state index is 0.0706. The van der Waals surface area contributed by atoms with Gasteiger partial charge in [0.15, 0.2) is 0 Å². The Morgan fingerprint density at radius 2 is 2.07 bits per heavy atom. The highest BCUT2D eigenvalue weighted by molar-refractivity contribution is 9.10. The van der Waals surface area contributed by atoms with Crippen molar-refractivity contribution < 1.29 is 9.53 Å². The molecule has 0 aliphatic carbocycles. The van der Waals surface area contributed by atoms with E-state index >= 15 is 0 Å². The van der Waals surface area contributed by atoms with Gasteiger partial charge in [-0.3, -0.25) is 4.79 Å². The molecule has 0 saturated carbocycles. The van der Waals surface area contributed by atoms with Crippen LogP contribution in [0.5, 0.6) is 0 Å². The van der Waals surface area contributed by atoms with Crippen LogP contribution in [0.15, 0.2) is 52.3 Å². The molecule has 0 atom stereocenters. The average Bonchev–Trinajstić information content (AvgIpc) is 3.17. The van der Waals surface area contributed by atoms with Crippen molar-refractivity contribution in [3.05, 3.63) is 63.6 Å². The Morgan fingerprint density at radius 1 is 1.24 bits per heavy atom. The lowest BCUT2D eigenvalue weighted by Gasteiger charge is -2.30. The number of hydrogen-bond acceptors (Lipinski definition) is 5. The minimum atomic E-state index is -0.0706. The third-order valence-corrected chi connectivity index (χ3v) is 6.18. The number of amides is 1. The largest absolute Gasteiger partial charge is 0.378 e. The van der Waals surface area contributed by atoms with Gasteiger partial charge >= 0.3 is 0 Å². The van der Waals surface area contributed by atoms with Crippen LogP contribution in [-0.4, -0.2) is 37.2 Å². The molecule has 150 valence electrons. The highest BCUT2D eigenvalue weighted by atomic mass is 79.9. The third-order valence-electron chi connectivity index (χ3n) is 4.74. The number of thiazole rings is 1. The van der Waals surface area contributed by atoms with E-state index in [1.807, 2.05) is 35.7 Å². The Bertz CT molecular complexity index is 1010. The fraction of sp³-hybridized carbons (Fsp3) is 0.273. The van der Waals surface area contributed by atoms with Crippen LogP contribution in [0.25, 0.3) is 10.6 Å². The lowest BCUT2D eigenvalue weighted by Crippen LogP contribution is -2.36. The van der Waals surface area contributed by atoms with Gasteiger partial charge in [-0.2, -0.15) is 0 Å². The molecule has 5 nitrogen and oxygen atoms in total. The van der Waals surface area contributed by atoms with Crippen LogP contribution in [0.1, 0.15) is 11.3 Å². The van der Waals surface area contributed by atoms with Crippen molar-refractivity contribution in [2.75, 3.05) is 36.5 Å². The van der Waals surface area contributed by atoms with E-state index in [4.69, 9.17) is 4.74 Å². The van der Waals surface area contributed by atoms with Crippen LogP contribution in [0.3, 0.4) is 0 Å². The summed E-state index contributed by atoms with van der Waals surface area (Å²) in [6, 6.07) is 14.2. The summed E-state index contributed by atoms with van der Waals surface area (Å²) in [6.07, 6.45) is 0.247. The summed E-state index contributed by atoms with van der Waals surface area (Å²) in [4.78, 5) is 19.6. The van der Waals surface area contributed by atoms with E-state index in [1.165, 1.54) is 5.56 Å². The minimum Gasteiger partial charge on any atom is -0.378 e. The number of rotatable bonds is 5. The maximum atomic E-state index is 12.7. The van der Waals surface area contributed by atoms with Gasteiger partial charge in [0.05, 0.1) is 36.7 Å². The van der Waals surface area contributed by atoms with Gasteiger partial charge in [-0.1, -0.05) is 39.7 Å². The predicted molar refractivity (Wildman–Crippen MR) is 122 cm³/mol. The molecule has 1 N–H and O–H groups in total. The number of carbonyl (C=O) groups is 1. The first kappa shape index (κ1) is 20.1. The Kier molecular flexibility index (Phi) is 6.28. The number of aryl methyl sites for hydroxylation is 1. The summed E-state index contributed by atoms with van der Waals surface area (Å²) < 4.78 is 6.38. The molecular formula is C22H22BrN3O2S. The summed E-state index contributed by atoms with van der Waals surface area (Å²) in [5, 5.41) is 5.97. The molecular weight excluding hydrogens is 450 g/mol. The second-order valence-corrected chi connectivity index (χ2v) is 8.77. The molecule has 0 spiro atoms. The summed E-state index contributed by atoms with van der Waals surface area (Å²) in [5.74, 6) is -0.0706. The zero-order valence-electron chi connectivity index (χ0n) is 16.2. The average molecular weight is 472 g/mol. The van der Waals surface area contributed by atoms with Crippen molar-refractivity contribution in [1.29, 1.82) is 0 Å². The summed E-state index contributed by atoms with van der Waals surface area (Å²) in [6.45, 7) is 5.09. The molecule has 0 radical (unpaired) electrons. The third kappa shape index (κ3) is 5.04. The standard InChI is InChI=1S/C22H22BrN3O2S/c1-15-3-2-4-16(11-15)22-24-18(14-29-22)13-21(27)25-19-12-17(23)5-6-20(19)26-7-9-28-10-8-26/h2-6,11-12,14H,7-10,13H2,1H3,(H,25,27). The molecule has 0 bridgehead atoms. The van der Waals surface area contributed by atoms with Crippen LogP contribution in [0.2, 0.25) is 0 Å². The van der Waals surface area contributed by atoms with Crippen molar-refractivity contribution >= 4 is 44.5 Å². The van der Waals surface area contributed by atoms with E-state index in [2.05, 4.69) is 50.2 Å². The number of ether oxygens (including phenoxy) is 1. The molecule has 1 aliphatic heterocycles. The van der Waals surface area contributed by atoms with Crippen molar-refractivity contribution in [2.24, 2.45) is 0 Å². The lowest BCUT2D eigenvalue weighted by atomic mass is 10.1. The van der Waals surface area contributed by atoms with Gasteiger partial charge in [-0.15, -0.1) is 11.3 Å². The Labute approximate surface area is 182 Å². The number of nitrogens with zero attached hydrogens (tertiary/aromatic N) is 2. The van der Waals surface area contributed by atoms with Gasteiger partial charge in [0.2, 0.25) is 5.91 Å². The molecule has 1 amide bonds. The van der Waals surface area contributed by atoms with Crippen LogP contribution < -0.4 is 10.2 Å². The molecule has 7 heteroatoms. The number of aromatic nitrogens is 1. The number of carbonyl (C=O) groups excluding carboxylic acids is 1. The molecule has 2 heterocycles. The number of morpholine rings is 1. The van der Waals surface area contributed by atoms with E-state index in [9.17, 15) is 4.79 Å². The quantitative estimate of drug-likeness (QED) is 0.574. The predicted octanol–water partition coefficient (Wildman–Crippen LogP) is 4.90. The normalized spacial score (nSPS) is 14.1. The zero-order chi connectivity index (χ0) is 20.2. The van der Waals surface area contributed by atoms with Crippen LogP contribution >= 0.6 is 27.3 Å². The number of hydrogen-bond donors (Lipinski definition) is 1. The number of anilines is 2. The molecule has 0 unspecified atom stereocenters. The summed E-state index contributed by atoms with van der Waals surface area (Å²) >= 11 is 5.07. The smallest absolute Gasteiger partial charge is 0.230 e. The van der Waals surface area contributed by atoms with E-state index in [1.54, 1.807) is 11.3 Å². The number of benzene rings is 2. The molecule has 1 aliphatic rings. The van der Waals surface area contributed by atoms with Gasteiger partial charge in [0.25, 0.3) is 0 Å². The van der Waals surface area contributed by atoms with Gasteiger partial charge in [-0.25, -0.2) is 4.98 Å². The van der Waals surface area contributed by atoms with Gasteiger partial charge < -0.3 is 15.0 Å². The van der Waals surface area contributed by atoms with E-state index in [0.29, 0.717) is 13.2 Å². The Morgan fingerprint density at radius 3 is 2.86 bits per heavy atom. The van der Waals surface area contributed by atoms with Crippen LogP contribution in [0, 0.1) is 6.92 Å². The topological polar surface area (TPSA) is 54.5 Å². The Balaban J connectivity index is 1.47. The maximum Gasteiger partial charge on any atom is 0.230 e. The molecule has 1 fully saturated rings. The summed E-state index contributed by atoms with van der Waals surface area (Å²) in [7, 11) is 0. The molecule has 2 aromatic carbocycles. The molecule has 29 heavy (non-hydrogen) atoms. The van der Waals surface area contributed by atoms with Gasteiger partial charge in [-0.05, 0) is 31.2 Å². The SMILES string of the molecule is Cc1cccc(-c2nc(CC(=O)Nc3cc(Br)ccc3N3CCOCC3)cs2)c1. The fourth-order valence-electron chi connectivity index (χ4n) is 3.35. The van der Waals surface area contributed by atoms with Crippen molar-refractivity contribution in [1.82, 2.24) is 4.98 Å². The summed E-state index contributed by atoms with van der Waals surface area (Å²) in [5.41, 5.74) is 4.89. The first-order valence-electron chi connectivity index (χ1n) is 9.52. The van der Waals surface area contributed by atoms with Crippen molar-refractivity contribution in [3.63, 3.8) is 0 Å². The van der Waals surface area contributed by atoms with Crippen molar-refractivity contribution in [3.8, 4) is 10.6 Å². The lowest BCUT2D eigenvalue weighted by molar-refractivity contribution is -0.115. The van der Waals surface area contributed by atoms with Crippen LogP contribution in [0.4, 0.5) is 11.4 Å². The number of nitrogens with one attached hydrogen (secondary N) is 1. The zero-order valence-corrected chi connectivity index (χ0v) is 18.6. The van der Waals surface area contributed by atoms with Gasteiger partial charge in [0, 0.05) is 28.5 Å². The highest BCUT2D eigenvalue weighted by Gasteiger charge is 2.17. The maximum absolute atomic E-state index is 12.7. The highest BCUT2D eigenvalue weighted by Crippen LogP contribution is 2.30. The van der Waals surface area contributed by atoms with E-state index in [0.717, 1.165) is 45.2 Å². The van der Waals surface area contributed by atoms with E-state index < -0.39 is 0 Å². The first-order chi connectivity index (χ1) is 14.1. The molecule has 3 aromatic rings. The second kappa shape index (κ2) is 9.07. The monoisotopic (exact) mass is 471 g/mol. The van der Waals surface area contributed by atoms with E-state index in [-0.39, 0.29) is 12.3 Å². The molecule has 4 rings (SSSR count). The Hall–Kier alpha value is -2.22. The molecule has 1 aromatic heterocycles. The number of halogens is 1. The van der Waals surface area contributed by atoms with Gasteiger partial charge in [0.1, 0.15) is 5.01 Å². The van der Waals surface area contributed by atoms with Crippen molar-refractivity contribution in [2.45, 2.75) is 13.3 Å². The fourth-order valence-corrected chi connectivity index (χ4v) is 4.52. The second-order valence-electron chi connectivity index (χ2n) is 7.00. The molecule has 1 saturated heterocycles. The first-order valence-corrected chi connectivity index (χ1v) is 11.2. The van der Waals surface area contributed by atoms with Crippen LogP contribution in [-0.2, 0) is 16.0 Å².